The Labute approximate surface area is 115 Å². The molecule has 2 aromatic carbocycles. The normalized spacial score (nSPS) is 10.8. The van der Waals surface area contributed by atoms with E-state index in [9.17, 15) is 5.11 Å². The highest BCUT2D eigenvalue weighted by atomic mass is 35.5. The fraction of sp³-hybridized carbons (Fsp3) is 0.0667. The van der Waals surface area contributed by atoms with E-state index in [1.165, 1.54) is 0 Å². The summed E-state index contributed by atoms with van der Waals surface area (Å²) >= 11 is 6.17. The average molecular weight is 271 g/mol. The van der Waals surface area contributed by atoms with Gasteiger partial charge in [-0.2, -0.15) is 0 Å². The van der Waals surface area contributed by atoms with E-state index >= 15 is 0 Å². The third kappa shape index (κ3) is 2.13. The number of aryl methyl sites for hydroxylation is 1. The maximum atomic E-state index is 9.47. The molecule has 94 valence electrons. The predicted octanol–water partition coefficient (Wildman–Crippen LogP) is 3.96. The summed E-state index contributed by atoms with van der Waals surface area (Å²) in [5.74, 6) is 0.753. The number of rotatable bonds is 1. The van der Waals surface area contributed by atoms with Crippen molar-refractivity contribution in [2.45, 2.75) is 6.92 Å². The molecule has 0 atom stereocenters. The van der Waals surface area contributed by atoms with Crippen molar-refractivity contribution < 1.29 is 5.11 Å². The molecule has 0 bridgehead atoms. The van der Waals surface area contributed by atoms with E-state index in [1.54, 1.807) is 18.2 Å². The minimum Gasteiger partial charge on any atom is -0.508 e. The minimum absolute atomic E-state index is 0.154. The first kappa shape index (κ1) is 11.9. The summed E-state index contributed by atoms with van der Waals surface area (Å²) in [6.45, 7) is 2.01. The molecule has 0 saturated carbocycles. The van der Waals surface area contributed by atoms with Crippen LogP contribution in [0, 0.1) is 6.92 Å². The molecular formula is C15H11ClN2O. The maximum Gasteiger partial charge on any atom is 0.161 e. The number of aromatic hydroxyl groups is 1. The fourth-order valence-electron chi connectivity index (χ4n) is 2.02. The van der Waals surface area contributed by atoms with Gasteiger partial charge in [0.25, 0.3) is 0 Å². The van der Waals surface area contributed by atoms with Crippen LogP contribution in [0.4, 0.5) is 0 Å². The van der Waals surface area contributed by atoms with Crippen LogP contribution >= 0.6 is 11.6 Å². The molecule has 0 unspecified atom stereocenters. The fourth-order valence-corrected chi connectivity index (χ4v) is 2.25. The Kier molecular flexibility index (Phi) is 2.84. The van der Waals surface area contributed by atoms with Crippen molar-refractivity contribution in [3.05, 3.63) is 53.2 Å². The highest BCUT2D eigenvalue weighted by molar-refractivity contribution is 6.34. The summed E-state index contributed by atoms with van der Waals surface area (Å²) in [6, 6.07) is 12.8. The molecule has 1 N–H and O–H groups in total. The number of phenolic OH excluding ortho intramolecular Hbond substituents is 1. The largest absolute Gasteiger partial charge is 0.508 e. The molecule has 0 amide bonds. The summed E-state index contributed by atoms with van der Waals surface area (Å²) in [5.41, 5.74) is 2.77. The number of hydrogen-bond donors (Lipinski definition) is 1. The molecule has 1 heterocycles. The van der Waals surface area contributed by atoms with Crippen LogP contribution < -0.4 is 0 Å². The number of benzene rings is 2. The van der Waals surface area contributed by atoms with E-state index in [0.717, 1.165) is 16.6 Å². The van der Waals surface area contributed by atoms with Crippen molar-refractivity contribution in [1.82, 2.24) is 9.97 Å². The Morgan fingerprint density at radius 3 is 2.63 bits per heavy atom. The molecule has 3 aromatic rings. The highest BCUT2D eigenvalue weighted by Crippen LogP contribution is 2.28. The summed E-state index contributed by atoms with van der Waals surface area (Å²) in [5, 5.41) is 10.5. The van der Waals surface area contributed by atoms with Crippen LogP contribution in [0.2, 0.25) is 5.15 Å². The van der Waals surface area contributed by atoms with Crippen molar-refractivity contribution in [3.63, 3.8) is 0 Å². The van der Waals surface area contributed by atoms with Crippen molar-refractivity contribution in [1.29, 1.82) is 0 Å². The van der Waals surface area contributed by atoms with Crippen molar-refractivity contribution in [2.75, 3.05) is 0 Å². The van der Waals surface area contributed by atoms with Crippen molar-refractivity contribution in [3.8, 4) is 17.1 Å². The second-order valence-corrected chi connectivity index (χ2v) is 4.71. The molecule has 3 nitrogen and oxygen atoms in total. The van der Waals surface area contributed by atoms with Crippen LogP contribution in [0.25, 0.3) is 22.3 Å². The monoisotopic (exact) mass is 270 g/mol. The second-order valence-electron chi connectivity index (χ2n) is 4.35. The van der Waals surface area contributed by atoms with Crippen LogP contribution in [-0.2, 0) is 0 Å². The smallest absolute Gasteiger partial charge is 0.161 e. The van der Waals surface area contributed by atoms with E-state index in [-0.39, 0.29) is 5.75 Å². The third-order valence-corrected chi connectivity index (χ3v) is 3.31. The van der Waals surface area contributed by atoms with Gasteiger partial charge >= 0.3 is 0 Å². The highest BCUT2D eigenvalue weighted by Gasteiger charge is 2.10. The molecule has 0 saturated heterocycles. The number of halogens is 1. The quantitative estimate of drug-likeness (QED) is 0.681. The Morgan fingerprint density at radius 2 is 1.84 bits per heavy atom. The number of hydrogen-bond acceptors (Lipinski definition) is 3. The van der Waals surface area contributed by atoms with Gasteiger partial charge in [-0.1, -0.05) is 35.9 Å². The molecule has 0 radical (unpaired) electrons. The van der Waals surface area contributed by atoms with E-state index < -0.39 is 0 Å². The lowest BCUT2D eigenvalue weighted by Crippen LogP contribution is -1.93. The summed E-state index contributed by atoms with van der Waals surface area (Å²) < 4.78 is 0. The minimum atomic E-state index is 0.154. The zero-order chi connectivity index (χ0) is 13.4. The SMILES string of the molecule is Cc1ccccc1-c1nc(Cl)c2cc(O)ccc2n1. The van der Waals surface area contributed by atoms with E-state index in [2.05, 4.69) is 9.97 Å². The molecular weight excluding hydrogens is 260 g/mol. The predicted molar refractivity (Wildman–Crippen MR) is 76.4 cm³/mol. The Morgan fingerprint density at radius 1 is 1.05 bits per heavy atom. The van der Waals surface area contributed by atoms with Gasteiger partial charge in [0.2, 0.25) is 0 Å². The molecule has 1 aromatic heterocycles. The Balaban J connectivity index is 2.27. The molecule has 3 rings (SSSR count). The van der Waals surface area contributed by atoms with Gasteiger partial charge in [-0.25, -0.2) is 9.97 Å². The molecule has 4 heteroatoms. The van der Waals surface area contributed by atoms with Gasteiger partial charge in [0.05, 0.1) is 5.52 Å². The van der Waals surface area contributed by atoms with Gasteiger partial charge < -0.3 is 5.11 Å². The van der Waals surface area contributed by atoms with Crippen LogP contribution in [0.1, 0.15) is 5.56 Å². The number of nitrogens with zero attached hydrogens (tertiary/aromatic N) is 2. The van der Waals surface area contributed by atoms with Gasteiger partial charge in [0.1, 0.15) is 10.9 Å². The lowest BCUT2D eigenvalue weighted by Gasteiger charge is -2.07. The molecule has 19 heavy (non-hydrogen) atoms. The number of fused-ring (bicyclic) bond motifs is 1. The number of aromatic nitrogens is 2. The summed E-state index contributed by atoms with van der Waals surface area (Å²) in [4.78, 5) is 8.82. The third-order valence-electron chi connectivity index (χ3n) is 3.02. The van der Waals surface area contributed by atoms with Gasteiger partial charge in [0.15, 0.2) is 5.82 Å². The first-order valence-corrected chi connectivity index (χ1v) is 6.25. The Hall–Kier alpha value is -2.13. The van der Waals surface area contributed by atoms with Gasteiger partial charge in [-0.3, -0.25) is 0 Å². The molecule has 0 aliphatic rings. The van der Waals surface area contributed by atoms with Crippen molar-refractivity contribution in [2.24, 2.45) is 0 Å². The van der Waals surface area contributed by atoms with Crippen LogP contribution in [-0.4, -0.2) is 15.1 Å². The average Bonchev–Trinajstić information content (AvgIpc) is 2.40. The van der Waals surface area contributed by atoms with Crippen LogP contribution in [0.15, 0.2) is 42.5 Å². The van der Waals surface area contributed by atoms with E-state index in [0.29, 0.717) is 16.4 Å². The first-order valence-electron chi connectivity index (χ1n) is 5.87. The zero-order valence-electron chi connectivity index (χ0n) is 10.3. The topological polar surface area (TPSA) is 46.0 Å². The molecule has 0 aliphatic carbocycles. The molecule has 0 aliphatic heterocycles. The van der Waals surface area contributed by atoms with Gasteiger partial charge in [-0.15, -0.1) is 0 Å². The van der Waals surface area contributed by atoms with E-state index in [1.807, 2.05) is 31.2 Å². The van der Waals surface area contributed by atoms with Crippen LogP contribution in [0.3, 0.4) is 0 Å². The zero-order valence-corrected chi connectivity index (χ0v) is 11.0. The summed E-state index contributed by atoms with van der Waals surface area (Å²) in [6.07, 6.45) is 0. The second kappa shape index (κ2) is 4.52. The lowest BCUT2D eigenvalue weighted by atomic mass is 10.1. The van der Waals surface area contributed by atoms with Crippen molar-refractivity contribution >= 4 is 22.5 Å². The Bertz CT molecular complexity index is 771. The first-order chi connectivity index (χ1) is 9.15. The lowest BCUT2D eigenvalue weighted by molar-refractivity contribution is 0.476. The summed E-state index contributed by atoms with van der Waals surface area (Å²) in [7, 11) is 0. The standard InChI is InChI=1S/C15H11ClN2O/c1-9-4-2-3-5-11(9)15-17-13-7-6-10(19)8-12(13)14(16)18-15/h2-8,19H,1H3. The van der Waals surface area contributed by atoms with E-state index in [4.69, 9.17) is 11.6 Å². The van der Waals surface area contributed by atoms with Gasteiger partial charge in [0, 0.05) is 10.9 Å². The molecule has 0 fully saturated rings. The van der Waals surface area contributed by atoms with Gasteiger partial charge in [-0.05, 0) is 30.7 Å². The molecule has 0 spiro atoms. The maximum absolute atomic E-state index is 9.47. The number of phenols is 1. The van der Waals surface area contributed by atoms with Crippen LogP contribution in [0.5, 0.6) is 5.75 Å².